The van der Waals surface area contributed by atoms with E-state index < -0.39 is 22.5 Å². The molecule has 0 saturated carbocycles. The normalized spacial score (nSPS) is 19.3. The highest BCUT2D eigenvalue weighted by molar-refractivity contribution is 6.64. The molecule has 0 spiro atoms. The fraction of sp³-hybridized carbons (Fsp3) is 0.211. The summed E-state index contributed by atoms with van der Waals surface area (Å²) in [4.78, 5) is 39.4. The number of ketones is 1. The highest BCUT2D eigenvalue weighted by atomic mass is 35.5. The van der Waals surface area contributed by atoms with Gasteiger partial charge < -0.3 is 9.80 Å². The molecule has 2 aromatic rings. The number of nitrogens with zero attached hydrogens (tertiary/aromatic N) is 2. The second kappa shape index (κ2) is 6.74. The van der Waals surface area contributed by atoms with Gasteiger partial charge in [0.2, 0.25) is 5.78 Å². The first-order valence-corrected chi connectivity index (χ1v) is 8.77. The molecule has 1 unspecified atom stereocenters. The first-order chi connectivity index (χ1) is 12.3. The van der Waals surface area contributed by atoms with Gasteiger partial charge in [0.05, 0.1) is 16.3 Å². The molecule has 7 heteroatoms. The van der Waals surface area contributed by atoms with Crippen molar-refractivity contribution in [3.05, 3.63) is 59.1 Å². The smallest absolute Gasteiger partial charge is 0.266 e. The third kappa shape index (κ3) is 2.59. The Morgan fingerprint density at radius 2 is 1.77 bits per heavy atom. The number of benzene rings is 2. The molecule has 0 fully saturated rings. The van der Waals surface area contributed by atoms with E-state index >= 15 is 0 Å². The minimum Gasteiger partial charge on any atom is -0.312 e. The van der Waals surface area contributed by atoms with Crippen LogP contribution in [0.25, 0.3) is 0 Å². The van der Waals surface area contributed by atoms with Gasteiger partial charge in [0.1, 0.15) is 0 Å². The van der Waals surface area contributed by atoms with Crippen molar-refractivity contribution in [1.82, 2.24) is 0 Å². The average molecular weight is 391 g/mol. The second-order valence-corrected chi connectivity index (χ2v) is 6.84. The molecule has 0 radical (unpaired) electrons. The van der Waals surface area contributed by atoms with Crippen LogP contribution in [0.3, 0.4) is 0 Å². The molecule has 134 valence electrons. The Kier molecular flexibility index (Phi) is 4.78. The van der Waals surface area contributed by atoms with Crippen molar-refractivity contribution in [2.45, 2.75) is 11.8 Å². The first kappa shape index (κ1) is 18.4. The first-order valence-electron chi connectivity index (χ1n) is 8.01. The van der Waals surface area contributed by atoms with Crippen molar-refractivity contribution in [1.29, 1.82) is 0 Å². The zero-order valence-electron chi connectivity index (χ0n) is 14.2. The fourth-order valence-corrected chi connectivity index (χ4v) is 3.63. The summed E-state index contributed by atoms with van der Waals surface area (Å²) in [7, 11) is 1.47. The van der Waals surface area contributed by atoms with Gasteiger partial charge in [-0.25, -0.2) is 0 Å². The van der Waals surface area contributed by atoms with E-state index in [9.17, 15) is 14.4 Å². The van der Waals surface area contributed by atoms with E-state index in [1.165, 1.54) is 22.9 Å². The fourth-order valence-electron chi connectivity index (χ4n) is 3.05. The van der Waals surface area contributed by atoms with Crippen LogP contribution < -0.4 is 9.80 Å². The molecule has 2 amide bonds. The molecule has 26 heavy (non-hydrogen) atoms. The van der Waals surface area contributed by atoms with Crippen LogP contribution >= 0.6 is 23.2 Å². The lowest BCUT2D eigenvalue weighted by atomic mass is 9.88. The third-order valence-electron chi connectivity index (χ3n) is 4.42. The monoisotopic (exact) mass is 390 g/mol. The minimum absolute atomic E-state index is 0.0729. The highest BCUT2D eigenvalue weighted by Crippen LogP contribution is 2.40. The molecule has 1 aliphatic heterocycles. The van der Waals surface area contributed by atoms with Gasteiger partial charge in [0.25, 0.3) is 16.7 Å². The number of Topliss-reactive ketones (excluding diaryl/α,β-unsaturated/α-hetero) is 1. The molecule has 2 aromatic carbocycles. The van der Waals surface area contributed by atoms with Crippen molar-refractivity contribution < 1.29 is 14.4 Å². The summed E-state index contributed by atoms with van der Waals surface area (Å²) in [5.41, 5.74) is 0.955. The number of anilines is 2. The van der Waals surface area contributed by atoms with Gasteiger partial charge in [0.15, 0.2) is 0 Å². The topological polar surface area (TPSA) is 57.7 Å². The van der Waals surface area contributed by atoms with E-state index in [1.54, 1.807) is 49.4 Å². The maximum Gasteiger partial charge on any atom is 0.266 e. The number of hydrogen-bond acceptors (Lipinski definition) is 3. The summed E-state index contributed by atoms with van der Waals surface area (Å²) in [5.74, 6) is -2.39. The number of para-hydroxylation sites is 1. The Hall–Kier alpha value is -2.37. The molecule has 3 rings (SSSR count). The van der Waals surface area contributed by atoms with Crippen LogP contribution in [0.5, 0.6) is 0 Å². The Morgan fingerprint density at radius 3 is 2.38 bits per heavy atom. The molecule has 0 aromatic heterocycles. The van der Waals surface area contributed by atoms with Crippen LogP contribution in [0.4, 0.5) is 11.4 Å². The van der Waals surface area contributed by atoms with Gasteiger partial charge in [-0.1, -0.05) is 47.5 Å². The summed E-state index contributed by atoms with van der Waals surface area (Å²) in [6.45, 7) is 1.99. The Balaban J connectivity index is 2.14. The van der Waals surface area contributed by atoms with Crippen molar-refractivity contribution in [2.75, 3.05) is 23.4 Å². The lowest BCUT2D eigenvalue weighted by molar-refractivity contribution is -0.128. The molecule has 0 saturated heterocycles. The second-order valence-electron chi connectivity index (χ2n) is 5.87. The summed E-state index contributed by atoms with van der Waals surface area (Å²) in [5, 5.41) is 0.146. The predicted molar refractivity (Wildman–Crippen MR) is 102 cm³/mol. The predicted octanol–water partition coefficient (Wildman–Crippen LogP) is 3.53. The number of alkyl halides is 1. The van der Waals surface area contributed by atoms with Crippen LogP contribution in [-0.2, 0) is 9.59 Å². The van der Waals surface area contributed by atoms with E-state index in [4.69, 9.17) is 23.2 Å². The Morgan fingerprint density at radius 1 is 1.12 bits per heavy atom. The van der Waals surface area contributed by atoms with Crippen molar-refractivity contribution in [3.63, 3.8) is 0 Å². The third-order valence-corrected chi connectivity index (χ3v) is 5.23. The van der Waals surface area contributed by atoms with Gasteiger partial charge in [-0.05, 0) is 31.2 Å². The molecule has 5 nitrogen and oxygen atoms in total. The number of hydrogen-bond donors (Lipinski definition) is 0. The zero-order chi connectivity index (χ0) is 19.1. The quantitative estimate of drug-likeness (QED) is 0.594. The number of amides is 2. The summed E-state index contributed by atoms with van der Waals surface area (Å²) in [6, 6.07) is 13.5. The molecular formula is C19H16Cl2N2O3. The van der Waals surface area contributed by atoms with Crippen molar-refractivity contribution in [2.24, 2.45) is 0 Å². The average Bonchev–Trinajstić information content (AvgIpc) is 2.65. The van der Waals surface area contributed by atoms with E-state index in [0.29, 0.717) is 11.4 Å². The lowest BCUT2D eigenvalue weighted by Gasteiger charge is -2.37. The Bertz CT molecular complexity index is 901. The molecule has 0 bridgehead atoms. The number of fused-ring (bicyclic) bond motifs is 1. The maximum atomic E-state index is 13.2. The van der Waals surface area contributed by atoms with Crippen LogP contribution in [0.15, 0.2) is 48.5 Å². The number of halogens is 2. The van der Waals surface area contributed by atoms with E-state index in [-0.39, 0.29) is 17.1 Å². The van der Waals surface area contributed by atoms with Crippen molar-refractivity contribution in [3.8, 4) is 0 Å². The molecule has 1 heterocycles. The van der Waals surface area contributed by atoms with Gasteiger partial charge in [0, 0.05) is 19.3 Å². The molecule has 0 N–H and O–H groups in total. The Labute approximate surface area is 161 Å². The summed E-state index contributed by atoms with van der Waals surface area (Å²) >= 11 is 12.6. The molecular weight excluding hydrogens is 375 g/mol. The largest absolute Gasteiger partial charge is 0.312 e. The number of carbonyl (C=O) groups excluding carboxylic acids is 3. The zero-order valence-corrected chi connectivity index (χ0v) is 15.7. The van der Waals surface area contributed by atoms with Gasteiger partial charge in [-0.2, -0.15) is 0 Å². The van der Waals surface area contributed by atoms with E-state index in [0.717, 1.165) is 0 Å². The highest BCUT2D eigenvalue weighted by Gasteiger charge is 2.58. The summed E-state index contributed by atoms with van der Waals surface area (Å²) in [6.07, 6.45) is 0. The standard InChI is InChI=1S/C19H16Cl2N2O3/c1-3-23(12-8-5-4-6-9-12)18(26)19(21)16(24)15-13(20)10-7-11-14(15)22(2)17(19)25/h4-11H,3H2,1-2H3. The summed E-state index contributed by atoms with van der Waals surface area (Å²) < 4.78 is 0. The van der Waals surface area contributed by atoms with Crippen LogP contribution in [0.2, 0.25) is 5.02 Å². The maximum absolute atomic E-state index is 13.2. The molecule has 0 aliphatic carbocycles. The lowest BCUT2D eigenvalue weighted by Crippen LogP contribution is -2.62. The van der Waals surface area contributed by atoms with Crippen LogP contribution in [-0.4, -0.2) is 36.1 Å². The molecule has 1 aliphatic rings. The van der Waals surface area contributed by atoms with E-state index in [1.807, 2.05) is 0 Å². The number of carbonyl (C=O) groups is 3. The van der Waals surface area contributed by atoms with Crippen LogP contribution in [0.1, 0.15) is 17.3 Å². The van der Waals surface area contributed by atoms with Crippen LogP contribution in [0, 0.1) is 0 Å². The number of rotatable bonds is 3. The van der Waals surface area contributed by atoms with Crippen molar-refractivity contribution >= 4 is 52.2 Å². The van der Waals surface area contributed by atoms with Gasteiger partial charge in [-0.15, -0.1) is 0 Å². The molecule has 1 atom stereocenters. The SMILES string of the molecule is CCN(C(=O)C1(Cl)C(=O)c2c(Cl)cccc2N(C)C1=O)c1ccccc1. The minimum atomic E-state index is -2.39. The van der Waals surface area contributed by atoms with Gasteiger partial charge >= 0.3 is 0 Å². The van der Waals surface area contributed by atoms with E-state index in [2.05, 4.69) is 0 Å². The van der Waals surface area contributed by atoms with Gasteiger partial charge in [-0.3, -0.25) is 14.4 Å².